The van der Waals surface area contributed by atoms with Crippen LogP contribution in [0, 0.1) is 5.92 Å². The van der Waals surface area contributed by atoms with Crippen LogP contribution in [0.2, 0.25) is 10.0 Å². The molecular weight excluding hydrogens is 261 g/mol. The molecule has 0 heterocycles. The van der Waals surface area contributed by atoms with Gasteiger partial charge in [0.1, 0.15) is 0 Å². The summed E-state index contributed by atoms with van der Waals surface area (Å²) in [7, 11) is 0. The van der Waals surface area contributed by atoms with Crippen molar-refractivity contribution in [3.63, 3.8) is 0 Å². The summed E-state index contributed by atoms with van der Waals surface area (Å²) in [5, 5.41) is 12.6. The number of rotatable bonds is 5. The van der Waals surface area contributed by atoms with E-state index in [1.807, 2.05) is 6.92 Å². The molecule has 1 rings (SSSR count). The first kappa shape index (κ1) is 14.3. The molecule has 0 spiro atoms. The fourth-order valence-electron chi connectivity index (χ4n) is 1.25. The molecule has 0 aliphatic rings. The van der Waals surface area contributed by atoms with Crippen LogP contribution in [0.5, 0.6) is 0 Å². The van der Waals surface area contributed by atoms with Crippen molar-refractivity contribution in [3.8, 4) is 0 Å². The lowest BCUT2D eigenvalue weighted by Gasteiger charge is -2.10. The van der Waals surface area contributed by atoms with E-state index in [2.05, 4.69) is 5.32 Å². The summed E-state index contributed by atoms with van der Waals surface area (Å²) >= 11 is 11.7. The van der Waals surface area contributed by atoms with Gasteiger partial charge in [0, 0.05) is 23.2 Å². The minimum absolute atomic E-state index is 0.0552. The molecule has 17 heavy (non-hydrogen) atoms. The number of aliphatic hydroxyl groups is 1. The van der Waals surface area contributed by atoms with E-state index in [-0.39, 0.29) is 24.9 Å². The van der Waals surface area contributed by atoms with Gasteiger partial charge in [0.15, 0.2) is 0 Å². The molecule has 0 aliphatic heterocycles. The van der Waals surface area contributed by atoms with Gasteiger partial charge in [-0.25, -0.2) is 0 Å². The Kier molecular flexibility index (Phi) is 5.75. The number of halogens is 2. The summed E-state index contributed by atoms with van der Waals surface area (Å²) < 4.78 is 0. The van der Waals surface area contributed by atoms with Gasteiger partial charge in [-0.1, -0.05) is 36.2 Å². The van der Waals surface area contributed by atoms with Crippen molar-refractivity contribution in [1.82, 2.24) is 5.32 Å². The summed E-state index contributed by atoms with van der Waals surface area (Å²) in [6, 6.07) is 5.05. The minimum Gasteiger partial charge on any atom is -0.396 e. The highest BCUT2D eigenvalue weighted by atomic mass is 35.5. The van der Waals surface area contributed by atoms with Gasteiger partial charge in [-0.2, -0.15) is 0 Å². The Hall–Kier alpha value is -0.770. The highest BCUT2D eigenvalue weighted by Gasteiger charge is 2.08. The third-order valence-electron chi connectivity index (χ3n) is 2.33. The summed E-state index contributed by atoms with van der Waals surface area (Å²) in [6.07, 6.45) is 0.216. The number of amides is 1. The number of hydrogen-bond donors (Lipinski definition) is 2. The quantitative estimate of drug-likeness (QED) is 0.866. The second kappa shape index (κ2) is 6.84. The molecular formula is C12H15Cl2NO2. The van der Waals surface area contributed by atoms with Crippen LogP contribution in [0.1, 0.15) is 12.5 Å². The normalized spacial score (nSPS) is 12.2. The van der Waals surface area contributed by atoms with Crippen LogP contribution >= 0.6 is 23.2 Å². The predicted octanol–water partition coefficient (Wildman–Crippen LogP) is 2.28. The third kappa shape index (κ3) is 4.94. The lowest BCUT2D eigenvalue weighted by atomic mass is 10.1. The molecule has 0 saturated heterocycles. The topological polar surface area (TPSA) is 49.3 Å². The van der Waals surface area contributed by atoms with Gasteiger partial charge < -0.3 is 10.4 Å². The van der Waals surface area contributed by atoms with Crippen molar-refractivity contribution in [2.45, 2.75) is 13.3 Å². The van der Waals surface area contributed by atoms with E-state index in [1.165, 1.54) is 0 Å². The first-order valence-electron chi connectivity index (χ1n) is 5.34. The fourth-order valence-corrected chi connectivity index (χ4v) is 1.73. The Balaban J connectivity index is 2.50. The fraction of sp³-hybridized carbons (Fsp3) is 0.417. The van der Waals surface area contributed by atoms with E-state index < -0.39 is 0 Å². The lowest BCUT2D eigenvalue weighted by Crippen LogP contribution is -2.30. The predicted molar refractivity (Wildman–Crippen MR) is 69.4 cm³/mol. The minimum atomic E-state index is -0.116. The molecule has 1 aromatic rings. The largest absolute Gasteiger partial charge is 0.396 e. The maximum absolute atomic E-state index is 11.6. The molecule has 1 unspecified atom stereocenters. The first-order valence-corrected chi connectivity index (χ1v) is 6.10. The van der Waals surface area contributed by atoms with E-state index in [4.69, 9.17) is 28.3 Å². The Labute approximate surface area is 111 Å². The van der Waals surface area contributed by atoms with Crippen molar-refractivity contribution >= 4 is 29.1 Å². The van der Waals surface area contributed by atoms with Crippen LogP contribution in [0.15, 0.2) is 18.2 Å². The van der Waals surface area contributed by atoms with Crippen molar-refractivity contribution in [2.75, 3.05) is 13.2 Å². The van der Waals surface area contributed by atoms with Crippen molar-refractivity contribution in [2.24, 2.45) is 5.92 Å². The number of nitrogens with one attached hydrogen (secondary N) is 1. The van der Waals surface area contributed by atoms with Gasteiger partial charge in [0.2, 0.25) is 5.91 Å². The summed E-state index contributed by atoms with van der Waals surface area (Å²) in [5.74, 6) is -0.0610. The zero-order valence-corrected chi connectivity index (χ0v) is 11.1. The molecule has 0 bridgehead atoms. The van der Waals surface area contributed by atoms with E-state index in [1.54, 1.807) is 18.2 Å². The number of aliphatic hydroxyl groups excluding tert-OH is 1. The Morgan fingerprint density at radius 3 is 2.76 bits per heavy atom. The van der Waals surface area contributed by atoms with Gasteiger partial charge in [0.05, 0.1) is 6.42 Å². The number of carbonyl (C=O) groups excluding carboxylic acids is 1. The smallest absolute Gasteiger partial charge is 0.224 e. The molecule has 2 N–H and O–H groups in total. The van der Waals surface area contributed by atoms with Gasteiger partial charge >= 0.3 is 0 Å². The third-order valence-corrected chi connectivity index (χ3v) is 2.91. The molecule has 94 valence electrons. The molecule has 0 aromatic heterocycles. The average molecular weight is 276 g/mol. The zero-order chi connectivity index (χ0) is 12.8. The second-order valence-corrected chi connectivity index (χ2v) is 4.85. The van der Waals surface area contributed by atoms with Crippen molar-refractivity contribution < 1.29 is 9.90 Å². The van der Waals surface area contributed by atoms with E-state index >= 15 is 0 Å². The molecule has 5 heteroatoms. The molecule has 0 fully saturated rings. The number of benzene rings is 1. The highest BCUT2D eigenvalue weighted by molar-refractivity contribution is 6.35. The average Bonchev–Trinajstić information content (AvgIpc) is 2.29. The van der Waals surface area contributed by atoms with E-state index in [0.717, 1.165) is 5.56 Å². The van der Waals surface area contributed by atoms with Crippen LogP contribution in [0.3, 0.4) is 0 Å². The number of hydrogen-bond acceptors (Lipinski definition) is 2. The van der Waals surface area contributed by atoms with E-state index in [0.29, 0.717) is 16.6 Å². The van der Waals surface area contributed by atoms with Crippen molar-refractivity contribution in [3.05, 3.63) is 33.8 Å². The number of carbonyl (C=O) groups is 1. The van der Waals surface area contributed by atoms with Crippen LogP contribution in [-0.2, 0) is 11.2 Å². The molecule has 0 saturated carbocycles. The molecule has 1 aromatic carbocycles. The SMILES string of the molecule is CC(CO)CNC(=O)Cc1ccc(Cl)cc1Cl. The highest BCUT2D eigenvalue weighted by Crippen LogP contribution is 2.21. The maximum Gasteiger partial charge on any atom is 0.224 e. The van der Waals surface area contributed by atoms with Gasteiger partial charge in [0.25, 0.3) is 0 Å². The molecule has 1 atom stereocenters. The monoisotopic (exact) mass is 275 g/mol. The van der Waals surface area contributed by atoms with Crippen LogP contribution in [0.25, 0.3) is 0 Å². The van der Waals surface area contributed by atoms with Crippen LogP contribution in [0.4, 0.5) is 0 Å². The van der Waals surface area contributed by atoms with E-state index in [9.17, 15) is 4.79 Å². The lowest BCUT2D eigenvalue weighted by molar-refractivity contribution is -0.120. The standard InChI is InChI=1S/C12H15Cl2NO2/c1-8(7-16)6-15-12(17)4-9-2-3-10(13)5-11(9)14/h2-3,5,8,16H,4,6-7H2,1H3,(H,15,17). The summed E-state index contributed by atoms with van der Waals surface area (Å²) in [4.78, 5) is 11.6. The molecule has 1 amide bonds. The molecule has 0 aliphatic carbocycles. The summed E-state index contributed by atoms with van der Waals surface area (Å²) in [6.45, 7) is 2.37. The summed E-state index contributed by atoms with van der Waals surface area (Å²) in [5.41, 5.74) is 0.741. The Morgan fingerprint density at radius 1 is 1.47 bits per heavy atom. The Morgan fingerprint density at radius 2 is 2.18 bits per heavy atom. The van der Waals surface area contributed by atoms with Gasteiger partial charge in [-0.05, 0) is 23.6 Å². The Bertz CT molecular complexity index is 396. The second-order valence-electron chi connectivity index (χ2n) is 4.00. The van der Waals surface area contributed by atoms with Crippen molar-refractivity contribution in [1.29, 1.82) is 0 Å². The van der Waals surface area contributed by atoms with Gasteiger partial charge in [-0.3, -0.25) is 4.79 Å². The van der Waals surface area contributed by atoms with Gasteiger partial charge in [-0.15, -0.1) is 0 Å². The first-order chi connectivity index (χ1) is 8.02. The molecule has 0 radical (unpaired) electrons. The van der Waals surface area contributed by atoms with Crippen LogP contribution < -0.4 is 5.32 Å². The maximum atomic E-state index is 11.6. The molecule has 3 nitrogen and oxygen atoms in total. The zero-order valence-electron chi connectivity index (χ0n) is 9.54. The van der Waals surface area contributed by atoms with Crippen LogP contribution in [-0.4, -0.2) is 24.2 Å².